The summed E-state index contributed by atoms with van der Waals surface area (Å²) in [5, 5.41) is 1.45. The Kier molecular flexibility index (Phi) is 2.56. The maximum atomic E-state index is 12.6. The molecule has 3 aromatic rings. The number of nitrogens with zero attached hydrogens (tertiary/aromatic N) is 1. The van der Waals surface area contributed by atoms with E-state index in [1.165, 1.54) is 0 Å². The van der Waals surface area contributed by atoms with E-state index in [1.54, 1.807) is 13.2 Å². The molecule has 0 spiro atoms. The number of ether oxygens (including phenoxy) is 1. The van der Waals surface area contributed by atoms with Crippen molar-refractivity contribution in [2.75, 3.05) is 7.11 Å². The van der Waals surface area contributed by atoms with Gasteiger partial charge in [-0.25, -0.2) is 0 Å². The van der Waals surface area contributed by atoms with Crippen molar-refractivity contribution in [3.05, 3.63) is 52.2 Å². The molecule has 0 aliphatic rings. The molecule has 0 N–H and O–H groups in total. The van der Waals surface area contributed by atoms with E-state index >= 15 is 0 Å². The molecule has 0 saturated carbocycles. The smallest absolute Gasteiger partial charge is 0.197 e. The third-order valence-corrected chi connectivity index (χ3v) is 3.57. The van der Waals surface area contributed by atoms with Gasteiger partial charge < -0.3 is 9.30 Å². The largest absolute Gasteiger partial charge is 0.497 e. The molecule has 19 heavy (non-hydrogen) atoms. The molecule has 0 unspecified atom stereocenters. The number of rotatable bonds is 1. The lowest BCUT2D eigenvalue weighted by Gasteiger charge is -2.11. The number of methoxy groups -OCH3 is 1. The summed E-state index contributed by atoms with van der Waals surface area (Å²) in [5.41, 5.74) is 3.02. The Bertz CT molecular complexity index is 847. The first-order valence-electron chi connectivity index (χ1n) is 6.19. The van der Waals surface area contributed by atoms with Gasteiger partial charge in [0.05, 0.1) is 18.1 Å². The van der Waals surface area contributed by atoms with E-state index in [9.17, 15) is 4.79 Å². The summed E-state index contributed by atoms with van der Waals surface area (Å²) in [6, 6.07) is 11.6. The van der Waals surface area contributed by atoms with Gasteiger partial charge in [0.15, 0.2) is 5.43 Å². The molecule has 1 heterocycles. The van der Waals surface area contributed by atoms with Gasteiger partial charge in [0.2, 0.25) is 0 Å². The first kappa shape index (κ1) is 11.8. The molecule has 2 aromatic carbocycles. The SMILES string of the molecule is COc1ccc2c(c1)c(=O)c1cc(C)ccc1n2C. The van der Waals surface area contributed by atoms with E-state index in [0.29, 0.717) is 11.1 Å². The van der Waals surface area contributed by atoms with Crippen LogP contribution in [0.5, 0.6) is 5.75 Å². The molecule has 0 fully saturated rings. The van der Waals surface area contributed by atoms with Crippen molar-refractivity contribution in [1.82, 2.24) is 4.57 Å². The zero-order valence-electron chi connectivity index (χ0n) is 11.2. The molecule has 0 aliphatic carbocycles. The Labute approximate surface area is 111 Å². The van der Waals surface area contributed by atoms with Gasteiger partial charge in [-0.2, -0.15) is 0 Å². The maximum absolute atomic E-state index is 12.6. The minimum Gasteiger partial charge on any atom is -0.497 e. The molecular formula is C16H15NO2. The Morgan fingerprint density at radius 2 is 1.63 bits per heavy atom. The fourth-order valence-corrected chi connectivity index (χ4v) is 2.52. The molecule has 3 heteroatoms. The fraction of sp³-hybridized carbons (Fsp3) is 0.188. The number of hydrogen-bond donors (Lipinski definition) is 0. The monoisotopic (exact) mass is 253 g/mol. The van der Waals surface area contributed by atoms with E-state index in [2.05, 4.69) is 0 Å². The second kappa shape index (κ2) is 4.12. The van der Waals surface area contributed by atoms with Crippen LogP contribution in [-0.4, -0.2) is 11.7 Å². The molecule has 0 aliphatic heterocycles. The molecule has 0 amide bonds. The number of benzene rings is 2. The van der Waals surface area contributed by atoms with Crippen LogP contribution in [0.25, 0.3) is 21.8 Å². The zero-order valence-corrected chi connectivity index (χ0v) is 11.2. The van der Waals surface area contributed by atoms with E-state index in [1.807, 2.05) is 48.9 Å². The number of pyridine rings is 1. The third kappa shape index (κ3) is 1.70. The Hall–Kier alpha value is -2.29. The van der Waals surface area contributed by atoms with Gasteiger partial charge in [0.25, 0.3) is 0 Å². The van der Waals surface area contributed by atoms with Crippen molar-refractivity contribution in [2.24, 2.45) is 7.05 Å². The topological polar surface area (TPSA) is 31.2 Å². The van der Waals surface area contributed by atoms with Gasteiger partial charge in [-0.3, -0.25) is 4.79 Å². The van der Waals surface area contributed by atoms with Crippen LogP contribution in [0.15, 0.2) is 41.2 Å². The second-order valence-electron chi connectivity index (χ2n) is 4.79. The van der Waals surface area contributed by atoms with Gasteiger partial charge in [0.1, 0.15) is 5.75 Å². The number of fused-ring (bicyclic) bond motifs is 2. The average molecular weight is 253 g/mol. The zero-order chi connectivity index (χ0) is 13.6. The molecule has 96 valence electrons. The maximum Gasteiger partial charge on any atom is 0.197 e. The van der Waals surface area contributed by atoms with Crippen molar-refractivity contribution in [3.63, 3.8) is 0 Å². The van der Waals surface area contributed by atoms with Crippen LogP contribution >= 0.6 is 0 Å². The highest BCUT2D eigenvalue weighted by molar-refractivity contribution is 5.94. The second-order valence-corrected chi connectivity index (χ2v) is 4.79. The molecule has 0 saturated heterocycles. The first-order chi connectivity index (χ1) is 9.11. The third-order valence-electron chi connectivity index (χ3n) is 3.57. The van der Waals surface area contributed by atoms with Crippen LogP contribution in [0, 0.1) is 6.92 Å². The normalized spacial score (nSPS) is 11.1. The highest BCUT2D eigenvalue weighted by atomic mass is 16.5. The summed E-state index contributed by atoms with van der Waals surface area (Å²) < 4.78 is 7.25. The highest BCUT2D eigenvalue weighted by Gasteiger charge is 2.09. The van der Waals surface area contributed by atoms with Crippen molar-refractivity contribution in [1.29, 1.82) is 0 Å². The summed E-state index contributed by atoms with van der Waals surface area (Å²) in [6.07, 6.45) is 0. The van der Waals surface area contributed by atoms with Gasteiger partial charge >= 0.3 is 0 Å². The van der Waals surface area contributed by atoms with Gasteiger partial charge in [-0.05, 0) is 37.3 Å². The minimum atomic E-state index is 0.0608. The summed E-state index contributed by atoms with van der Waals surface area (Å²) in [6.45, 7) is 1.99. The predicted octanol–water partition coefficient (Wildman–Crippen LogP) is 3.01. The van der Waals surface area contributed by atoms with Gasteiger partial charge in [0, 0.05) is 17.8 Å². The summed E-state index contributed by atoms with van der Waals surface area (Å²) in [7, 11) is 3.59. The molecule has 3 rings (SSSR count). The number of aromatic nitrogens is 1. The fourth-order valence-electron chi connectivity index (χ4n) is 2.52. The Balaban J connectivity index is 2.57. The van der Waals surface area contributed by atoms with Crippen molar-refractivity contribution >= 4 is 21.8 Å². The van der Waals surface area contributed by atoms with Crippen molar-refractivity contribution in [3.8, 4) is 5.75 Å². The van der Waals surface area contributed by atoms with Gasteiger partial charge in [-0.1, -0.05) is 11.6 Å². The lowest BCUT2D eigenvalue weighted by Crippen LogP contribution is -2.09. The molecule has 0 bridgehead atoms. The average Bonchev–Trinajstić information content (AvgIpc) is 2.44. The summed E-state index contributed by atoms with van der Waals surface area (Å²) in [4.78, 5) is 12.6. The van der Waals surface area contributed by atoms with Crippen molar-refractivity contribution in [2.45, 2.75) is 6.92 Å². The molecule has 1 aromatic heterocycles. The van der Waals surface area contributed by atoms with Gasteiger partial charge in [-0.15, -0.1) is 0 Å². The molecule has 0 atom stereocenters. The van der Waals surface area contributed by atoms with Crippen LogP contribution in [-0.2, 0) is 7.05 Å². The van der Waals surface area contributed by atoms with E-state index < -0.39 is 0 Å². The summed E-state index contributed by atoms with van der Waals surface area (Å²) in [5.74, 6) is 0.705. The highest BCUT2D eigenvalue weighted by Crippen LogP contribution is 2.22. The Morgan fingerprint density at radius 1 is 1.00 bits per heavy atom. The Morgan fingerprint density at radius 3 is 2.32 bits per heavy atom. The van der Waals surface area contributed by atoms with E-state index in [-0.39, 0.29) is 5.43 Å². The summed E-state index contributed by atoms with van der Waals surface area (Å²) >= 11 is 0. The van der Waals surface area contributed by atoms with E-state index in [0.717, 1.165) is 22.0 Å². The standard InChI is InChI=1S/C16H15NO2/c1-10-4-6-14-12(8-10)16(18)13-9-11(19-3)5-7-15(13)17(14)2/h4-9H,1-3H3. The number of hydrogen-bond acceptors (Lipinski definition) is 2. The van der Waals surface area contributed by atoms with Crippen LogP contribution in [0.4, 0.5) is 0 Å². The van der Waals surface area contributed by atoms with Crippen LogP contribution < -0.4 is 10.2 Å². The molecule has 0 radical (unpaired) electrons. The minimum absolute atomic E-state index is 0.0608. The lowest BCUT2D eigenvalue weighted by atomic mass is 10.1. The number of aryl methyl sites for hydroxylation is 2. The van der Waals surface area contributed by atoms with Crippen molar-refractivity contribution < 1.29 is 4.74 Å². The molecule has 3 nitrogen and oxygen atoms in total. The molecular weight excluding hydrogens is 238 g/mol. The van der Waals surface area contributed by atoms with Crippen LogP contribution in [0.2, 0.25) is 0 Å². The van der Waals surface area contributed by atoms with Crippen LogP contribution in [0.3, 0.4) is 0 Å². The lowest BCUT2D eigenvalue weighted by molar-refractivity contribution is 0.415. The predicted molar refractivity (Wildman–Crippen MR) is 78.0 cm³/mol. The van der Waals surface area contributed by atoms with Crippen LogP contribution in [0.1, 0.15) is 5.56 Å². The quantitative estimate of drug-likeness (QED) is 0.624. The first-order valence-corrected chi connectivity index (χ1v) is 6.19. The van der Waals surface area contributed by atoms with E-state index in [4.69, 9.17) is 4.74 Å².